The Morgan fingerprint density at radius 3 is 2.60 bits per heavy atom. The molecule has 4 heteroatoms. The van der Waals surface area contributed by atoms with Crippen molar-refractivity contribution in [3.05, 3.63) is 44.9 Å². The van der Waals surface area contributed by atoms with Crippen LogP contribution in [0.4, 0.5) is 0 Å². The third-order valence-corrected chi connectivity index (χ3v) is 3.21. The monoisotopic (exact) mass is 307 g/mol. The lowest BCUT2D eigenvalue weighted by Gasteiger charge is -2.13. The van der Waals surface area contributed by atoms with Crippen LogP contribution in [-0.4, -0.2) is 6.54 Å². The van der Waals surface area contributed by atoms with Crippen molar-refractivity contribution in [2.45, 2.75) is 13.0 Å². The molecule has 0 saturated carbocycles. The van der Waals surface area contributed by atoms with Crippen molar-refractivity contribution in [2.75, 3.05) is 6.54 Å². The van der Waals surface area contributed by atoms with Gasteiger partial charge in [-0.2, -0.15) is 0 Å². The van der Waals surface area contributed by atoms with Crippen LogP contribution < -0.4 is 5.32 Å². The summed E-state index contributed by atoms with van der Waals surface area (Å²) in [4.78, 5) is 0. The zero-order valence-electron chi connectivity index (χ0n) is 8.31. The Hall–Kier alpha value is -0.0200. The van der Waals surface area contributed by atoms with Crippen LogP contribution in [0.5, 0.6) is 0 Å². The molecule has 0 spiro atoms. The van der Waals surface area contributed by atoms with Gasteiger partial charge in [0, 0.05) is 27.6 Å². The highest BCUT2D eigenvalue weighted by molar-refractivity contribution is 9.10. The minimum absolute atomic E-state index is 0.253. The minimum atomic E-state index is 0.253. The summed E-state index contributed by atoms with van der Waals surface area (Å²) >= 11 is 14.6. The van der Waals surface area contributed by atoms with E-state index in [9.17, 15) is 0 Å². The summed E-state index contributed by atoms with van der Waals surface area (Å²) in [7, 11) is 0. The molecule has 1 nitrogen and oxygen atoms in total. The van der Waals surface area contributed by atoms with Gasteiger partial charge >= 0.3 is 0 Å². The molecule has 1 aromatic rings. The second-order valence-corrected chi connectivity index (χ2v) is 4.83. The van der Waals surface area contributed by atoms with E-state index >= 15 is 0 Å². The fourth-order valence-electron chi connectivity index (χ4n) is 1.16. The Kier molecular flexibility index (Phi) is 5.69. The first-order valence-electron chi connectivity index (χ1n) is 4.57. The van der Waals surface area contributed by atoms with Crippen LogP contribution in [0.15, 0.2) is 39.3 Å². The highest BCUT2D eigenvalue weighted by Crippen LogP contribution is 2.16. The van der Waals surface area contributed by atoms with Gasteiger partial charge in [-0.3, -0.25) is 0 Å². The van der Waals surface area contributed by atoms with Gasteiger partial charge in [-0.15, -0.1) is 0 Å². The van der Waals surface area contributed by atoms with E-state index < -0.39 is 0 Å². The zero-order chi connectivity index (χ0) is 11.3. The maximum absolute atomic E-state index is 5.78. The lowest BCUT2D eigenvalue weighted by Crippen LogP contribution is -2.19. The highest BCUT2D eigenvalue weighted by Gasteiger charge is 2.04. The van der Waals surface area contributed by atoms with Gasteiger partial charge in [-0.05, 0) is 24.6 Å². The molecule has 0 unspecified atom stereocenters. The second kappa shape index (κ2) is 6.54. The summed E-state index contributed by atoms with van der Waals surface area (Å²) in [5.41, 5.74) is 2.60. The van der Waals surface area contributed by atoms with Crippen LogP contribution in [0.25, 0.3) is 0 Å². The minimum Gasteiger partial charge on any atom is -0.305 e. The Morgan fingerprint density at radius 2 is 2.07 bits per heavy atom. The largest absolute Gasteiger partial charge is 0.305 e. The van der Waals surface area contributed by atoms with E-state index in [-0.39, 0.29) is 6.04 Å². The molecule has 0 radical (unpaired) electrons. The summed E-state index contributed by atoms with van der Waals surface area (Å²) in [5.74, 6) is 0. The van der Waals surface area contributed by atoms with Crippen LogP contribution in [0.3, 0.4) is 0 Å². The van der Waals surface area contributed by atoms with Crippen LogP contribution >= 0.6 is 39.1 Å². The smallest absolute Gasteiger partial charge is 0.0432 e. The van der Waals surface area contributed by atoms with Gasteiger partial charge in [-0.25, -0.2) is 0 Å². The molecule has 0 fully saturated rings. The van der Waals surface area contributed by atoms with E-state index in [1.807, 2.05) is 12.1 Å². The standard InChI is InChI=1S/C11H12BrCl2N/c1-8(15-7-11(14)6-13)9-2-4-10(12)5-3-9/h2-6,8,15H,7H2,1H3/b11-6-/t8-/m1/s1. The number of nitrogens with one attached hydrogen (secondary N) is 1. The maximum Gasteiger partial charge on any atom is 0.0432 e. The molecular weight excluding hydrogens is 297 g/mol. The predicted molar refractivity (Wildman–Crippen MR) is 70.3 cm³/mol. The number of rotatable bonds is 4. The van der Waals surface area contributed by atoms with Gasteiger partial charge in [0.15, 0.2) is 0 Å². The first kappa shape index (κ1) is 13.0. The molecule has 82 valence electrons. The summed E-state index contributed by atoms with van der Waals surface area (Å²) in [5, 5.41) is 3.88. The second-order valence-electron chi connectivity index (χ2n) is 3.21. The van der Waals surface area contributed by atoms with E-state index in [1.54, 1.807) is 0 Å². The molecule has 1 rings (SSSR count). The first-order valence-corrected chi connectivity index (χ1v) is 6.18. The Bertz CT molecular complexity index is 335. The van der Waals surface area contributed by atoms with E-state index in [0.717, 1.165) is 4.47 Å². The van der Waals surface area contributed by atoms with Crippen molar-refractivity contribution in [2.24, 2.45) is 0 Å². The molecule has 0 aromatic heterocycles. The number of halogens is 3. The number of hydrogen-bond donors (Lipinski definition) is 1. The number of benzene rings is 1. The molecule has 0 saturated heterocycles. The van der Waals surface area contributed by atoms with E-state index in [4.69, 9.17) is 23.2 Å². The van der Waals surface area contributed by atoms with Gasteiger partial charge in [0.25, 0.3) is 0 Å². The fraction of sp³-hybridized carbons (Fsp3) is 0.273. The Labute approximate surface area is 109 Å². The van der Waals surface area contributed by atoms with Gasteiger partial charge in [-0.1, -0.05) is 51.3 Å². The molecule has 1 atom stereocenters. The molecule has 1 N–H and O–H groups in total. The van der Waals surface area contributed by atoms with Crippen molar-refractivity contribution < 1.29 is 0 Å². The van der Waals surface area contributed by atoms with Crippen molar-refractivity contribution in [1.29, 1.82) is 0 Å². The SMILES string of the molecule is C[C@@H](NC/C(Cl)=C/Cl)c1ccc(Br)cc1. The molecule has 0 aliphatic carbocycles. The number of hydrogen-bond acceptors (Lipinski definition) is 1. The third kappa shape index (κ3) is 4.56. The van der Waals surface area contributed by atoms with E-state index in [0.29, 0.717) is 11.6 Å². The maximum atomic E-state index is 5.78. The molecule has 15 heavy (non-hydrogen) atoms. The van der Waals surface area contributed by atoms with Crippen molar-refractivity contribution in [1.82, 2.24) is 5.32 Å². The predicted octanol–water partition coefficient (Wildman–Crippen LogP) is 4.42. The summed E-state index contributed by atoms with van der Waals surface area (Å²) in [6.07, 6.45) is 0. The quantitative estimate of drug-likeness (QED) is 0.868. The van der Waals surface area contributed by atoms with Crippen molar-refractivity contribution >= 4 is 39.1 Å². The summed E-state index contributed by atoms with van der Waals surface area (Å²) < 4.78 is 1.08. The lowest BCUT2D eigenvalue weighted by molar-refractivity contribution is 0.614. The van der Waals surface area contributed by atoms with Crippen LogP contribution in [0.2, 0.25) is 0 Å². The summed E-state index contributed by atoms with van der Waals surface area (Å²) in [6.45, 7) is 2.67. The van der Waals surface area contributed by atoms with Crippen LogP contribution in [0, 0.1) is 0 Å². The van der Waals surface area contributed by atoms with E-state index in [1.165, 1.54) is 11.1 Å². The van der Waals surface area contributed by atoms with Gasteiger partial charge < -0.3 is 5.32 Å². The molecule has 0 aliphatic heterocycles. The lowest BCUT2D eigenvalue weighted by atomic mass is 10.1. The van der Waals surface area contributed by atoms with Gasteiger partial charge in [0.1, 0.15) is 0 Å². The fourth-order valence-corrected chi connectivity index (χ4v) is 1.58. The Balaban J connectivity index is 2.53. The van der Waals surface area contributed by atoms with Crippen LogP contribution in [0.1, 0.15) is 18.5 Å². The molecule has 1 aromatic carbocycles. The van der Waals surface area contributed by atoms with Crippen molar-refractivity contribution in [3.8, 4) is 0 Å². The van der Waals surface area contributed by atoms with Crippen LogP contribution in [-0.2, 0) is 0 Å². The van der Waals surface area contributed by atoms with Gasteiger partial charge in [0.2, 0.25) is 0 Å². The normalized spacial score (nSPS) is 14.0. The molecule has 0 heterocycles. The average Bonchev–Trinajstić information content (AvgIpc) is 2.26. The van der Waals surface area contributed by atoms with E-state index in [2.05, 4.69) is 40.3 Å². The molecule has 0 bridgehead atoms. The Morgan fingerprint density at radius 1 is 1.47 bits per heavy atom. The van der Waals surface area contributed by atoms with Crippen molar-refractivity contribution in [3.63, 3.8) is 0 Å². The molecule has 0 amide bonds. The zero-order valence-corrected chi connectivity index (χ0v) is 11.4. The summed E-state index contributed by atoms with van der Waals surface area (Å²) in [6, 6.07) is 8.43. The highest BCUT2D eigenvalue weighted by atomic mass is 79.9. The topological polar surface area (TPSA) is 12.0 Å². The third-order valence-electron chi connectivity index (χ3n) is 2.07. The molecular formula is C11H12BrCl2N. The van der Waals surface area contributed by atoms with Gasteiger partial charge in [0.05, 0.1) is 0 Å². The average molecular weight is 309 g/mol. The first-order chi connectivity index (χ1) is 7.13. The molecule has 0 aliphatic rings.